The Morgan fingerprint density at radius 3 is 2.50 bits per heavy atom. The van der Waals surface area contributed by atoms with E-state index in [-0.39, 0.29) is 17.4 Å². The quantitative estimate of drug-likeness (QED) is 0.118. The largest absolute Gasteiger partial charge is 0.507 e. The van der Waals surface area contributed by atoms with Crippen molar-refractivity contribution in [3.63, 3.8) is 0 Å². The third kappa shape index (κ3) is 6.92. The number of Topliss-reactive ketones (excluding diaryl/α,β-unsaturated/α-hetero) is 1. The first kappa shape index (κ1) is 31.4. The number of carbonyl (C=O) groups excluding carboxylic acids is 2. The van der Waals surface area contributed by atoms with Gasteiger partial charge in [-0.1, -0.05) is 39.7 Å². The summed E-state index contributed by atoms with van der Waals surface area (Å²) in [5, 5.41) is 11.6. The molecule has 2 heterocycles. The molecular formula is C34H46N2O6. The van der Waals surface area contributed by atoms with Crippen molar-refractivity contribution in [3.8, 4) is 17.2 Å². The standard InChI is InChI=1S/C34H46N2O6/c1-6-10-11-19-41-28-16-13-24(22-29(28)40-9-4)31-30(32(37)25-14-15-27-26(21-25)20-23(5)42-27)33(38)34(39)36(31)18-12-17-35(7-2)8-3/h13-16,21-23,31,37H,6-12,17-20H2,1-5H3/b32-30+/t23-,31+/m1/s1. The molecule has 1 amide bonds. The van der Waals surface area contributed by atoms with E-state index in [1.165, 1.54) is 0 Å². The second kappa shape index (κ2) is 14.6. The van der Waals surface area contributed by atoms with E-state index in [0.717, 1.165) is 56.6 Å². The highest BCUT2D eigenvalue weighted by molar-refractivity contribution is 6.46. The Hall–Kier alpha value is -3.52. The van der Waals surface area contributed by atoms with Gasteiger partial charge in [0.1, 0.15) is 17.6 Å². The molecule has 228 valence electrons. The maximum Gasteiger partial charge on any atom is 0.295 e. The van der Waals surface area contributed by atoms with Crippen LogP contribution in [0, 0.1) is 0 Å². The van der Waals surface area contributed by atoms with Gasteiger partial charge in [0.05, 0.1) is 24.8 Å². The van der Waals surface area contributed by atoms with E-state index in [4.69, 9.17) is 14.2 Å². The van der Waals surface area contributed by atoms with Crippen LogP contribution in [-0.4, -0.2) is 72.1 Å². The third-order valence-corrected chi connectivity index (χ3v) is 8.07. The van der Waals surface area contributed by atoms with Gasteiger partial charge in [-0.15, -0.1) is 0 Å². The summed E-state index contributed by atoms with van der Waals surface area (Å²) in [7, 11) is 0. The number of amides is 1. The molecule has 0 aliphatic carbocycles. The van der Waals surface area contributed by atoms with Gasteiger partial charge in [0, 0.05) is 18.5 Å². The molecule has 1 N–H and O–H groups in total. The smallest absolute Gasteiger partial charge is 0.295 e. The molecule has 0 unspecified atom stereocenters. The maximum atomic E-state index is 13.6. The third-order valence-electron chi connectivity index (χ3n) is 8.07. The fourth-order valence-electron chi connectivity index (χ4n) is 5.80. The van der Waals surface area contributed by atoms with Crippen LogP contribution < -0.4 is 14.2 Å². The van der Waals surface area contributed by atoms with Gasteiger partial charge in [-0.2, -0.15) is 0 Å². The van der Waals surface area contributed by atoms with Gasteiger partial charge in [0.15, 0.2) is 11.5 Å². The molecule has 42 heavy (non-hydrogen) atoms. The predicted molar refractivity (Wildman–Crippen MR) is 164 cm³/mol. The number of aliphatic hydroxyl groups excluding tert-OH is 1. The second-order valence-corrected chi connectivity index (χ2v) is 11.0. The molecule has 2 aromatic carbocycles. The molecule has 0 bridgehead atoms. The summed E-state index contributed by atoms with van der Waals surface area (Å²) in [6.45, 7) is 14.3. The van der Waals surface area contributed by atoms with Crippen molar-refractivity contribution < 1.29 is 28.9 Å². The number of hydrogen-bond acceptors (Lipinski definition) is 7. The summed E-state index contributed by atoms with van der Waals surface area (Å²) in [6.07, 6.45) is 4.60. The van der Waals surface area contributed by atoms with Crippen molar-refractivity contribution in [2.24, 2.45) is 0 Å². The van der Waals surface area contributed by atoms with Crippen molar-refractivity contribution in [1.82, 2.24) is 9.80 Å². The number of unbranched alkanes of at least 4 members (excludes halogenated alkanes) is 2. The van der Waals surface area contributed by atoms with Gasteiger partial charge in [0.25, 0.3) is 11.7 Å². The first-order chi connectivity index (χ1) is 20.3. The second-order valence-electron chi connectivity index (χ2n) is 11.0. The number of ether oxygens (including phenoxy) is 3. The van der Waals surface area contributed by atoms with Gasteiger partial charge in [-0.05, 0) is 87.8 Å². The molecule has 2 aliphatic rings. The Bertz CT molecular complexity index is 1280. The van der Waals surface area contributed by atoms with Crippen LogP contribution in [0.25, 0.3) is 5.76 Å². The van der Waals surface area contributed by atoms with E-state index < -0.39 is 17.7 Å². The number of aliphatic hydroxyl groups is 1. The minimum Gasteiger partial charge on any atom is -0.507 e. The summed E-state index contributed by atoms with van der Waals surface area (Å²) in [5.74, 6) is 0.514. The van der Waals surface area contributed by atoms with E-state index in [0.29, 0.717) is 48.8 Å². The van der Waals surface area contributed by atoms with Gasteiger partial charge in [-0.25, -0.2) is 0 Å². The Labute approximate surface area is 250 Å². The van der Waals surface area contributed by atoms with Crippen molar-refractivity contribution in [1.29, 1.82) is 0 Å². The van der Waals surface area contributed by atoms with Crippen LogP contribution in [0.4, 0.5) is 0 Å². The fourth-order valence-corrected chi connectivity index (χ4v) is 5.80. The van der Waals surface area contributed by atoms with Crippen LogP contribution in [0.5, 0.6) is 17.2 Å². The van der Waals surface area contributed by atoms with Gasteiger partial charge >= 0.3 is 0 Å². The zero-order valence-electron chi connectivity index (χ0n) is 25.8. The number of rotatable bonds is 15. The lowest BCUT2D eigenvalue weighted by atomic mass is 9.94. The fraction of sp³-hybridized carbons (Fsp3) is 0.529. The molecule has 2 aromatic rings. The van der Waals surface area contributed by atoms with Gasteiger partial charge < -0.3 is 29.1 Å². The molecular weight excluding hydrogens is 532 g/mol. The highest BCUT2D eigenvalue weighted by Crippen LogP contribution is 2.43. The number of hydrogen-bond donors (Lipinski definition) is 1. The Morgan fingerprint density at radius 1 is 1.00 bits per heavy atom. The molecule has 8 nitrogen and oxygen atoms in total. The van der Waals surface area contributed by atoms with Crippen LogP contribution in [-0.2, 0) is 16.0 Å². The molecule has 1 fully saturated rings. The lowest BCUT2D eigenvalue weighted by molar-refractivity contribution is -0.140. The Kier molecular flexibility index (Phi) is 10.9. The molecule has 0 radical (unpaired) electrons. The molecule has 0 saturated carbocycles. The van der Waals surface area contributed by atoms with E-state index in [9.17, 15) is 14.7 Å². The summed E-state index contributed by atoms with van der Waals surface area (Å²) in [6, 6.07) is 10.2. The average Bonchev–Trinajstić information content (AvgIpc) is 3.48. The van der Waals surface area contributed by atoms with Gasteiger partial charge in [-0.3, -0.25) is 9.59 Å². The van der Waals surface area contributed by atoms with Crippen LogP contribution >= 0.6 is 0 Å². The van der Waals surface area contributed by atoms with E-state index in [2.05, 4.69) is 25.7 Å². The first-order valence-electron chi connectivity index (χ1n) is 15.5. The van der Waals surface area contributed by atoms with Crippen molar-refractivity contribution in [3.05, 3.63) is 58.7 Å². The highest BCUT2D eigenvalue weighted by Gasteiger charge is 2.46. The van der Waals surface area contributed by atoms with Gasteiger partial charge in [0.2, 0.25) is 0 Å². The first-order valence-corrected chi connectivity index (χ1v) is 15.5. The van der Waals surface area contributed by atoms with Crippen molar-refractivity contribution >= 4 is 17.4 Å². The number of carbonyl (C=O) groups is 2. The van der Waals surface area contributed by atoms with Crippen LogP contribution in [0.2, 0.25) is 0 Å². The molecule has 4 rings (SSSR count). The highest BCUT2D eigenvalue weighted by atomic mass is 16.5. The maximum absolute atomic E-state index is 13.6. The monoisotopic (exact) mass is 578 g/mol. The summed E-state index contributed by atoms with van der Waals surface area (Å²) in [4.78, 5) is 31.0. The molecule has 0 spiro atoms. The van der Waals surface area contributed by atoms with Crippen LogP contribution in [0.1, 0.15) is 83.0 Å². The topological polar surface area (TPSA) is 88.5 Å². The summed E-state index contributed by atoms with van der Waals surface area (Å²) in [5.41, 5.74) is 2.26. The number of likely N-dealkylation sites (tertiary alicyclic amines) is 1. The van der Waals surface area contributed by atoms with Crippen molar-refractivity contribution in [2.75, 3.05) is 39.4 Å². The normalized spacial score (nSPS) is 19.3. The molecule has 8 heteroatoms. The van der Waals surface area contributed by atoms with Crippen molar-refractivity contribution in [2.45, 2.75) is 78.9 Å². The molecule has 2 aliphatic heterocycles. The number of benzene rings is 2. The van der Waals surface area contributed by atoms with E-state index in [1.807, 2.05) is 44.2 Å². The molecule has 0 aromatic heterocycles. The number of nitrogens with zero attached hydrogens (tertiary/aromatic N) is 2. The minimum atomic E-state index is -0.751. The molecule has 1 saturated heterocycles. The Morgan fingerprint density at radius 2 is 1.79 bits per heavy atom. The van der Waals surface area contributed by atoms with Crippen LogP contribution in [0.3, 0.4) is 0 Å². The average molecular weight is 579 g/mol. The number of fused-ring (bicyclic) bond motifs is 1. The molecule has 2 atom stereocenters. The zero-order valence-corrected chi connectivity index (χ0v) is 25.8. The number of ketones is 1. The van der Waals surface area contributed by atoms with Crippen LogP contribution in [0.15, 0.2) is 42.0 Å². The summed E-state index contributed by atoms with van der Waals surface area (Å²) >= 11 is 0. The minimum absolute atomic E-state index is 0.0495. The summed E-state index contributed by atoms with van der Waals surface area (Å²) < 4.78 is 17.8. The lowest BCUT2D eigenvalue weighted by Gasteiger charge is -2.27. The Balaban J connectivity index is 1.74. The zero-order chi connectivity index (χ0) is 30.2. The predicted octanol–water partition coefficient (Wildman–Crippen LogP) is 6.13. The lowest BCUT2D eigenvalue weighted by Crippen LogP contribution is -2.33. The SMILES string of the molecule is CCCCCOc1ccc([C@H]2/C(=C(\O)c3ccc4c(c3)C[C@@H](C)O4)C(=O)C(=O)N2CCCN(CC)CC)cc1OCC. The van der Waals surface area contributed by atoms with E-state index in [1.54, 1.807) is 11.0 Å². The van der Waals surface area contributed by atoms with E-state index >= 15 is 0 Å².